The minimum atomic E-state index is -2.02. The highest BCUT2D eigenvalue weighted by atomic mass is 31.2. The van der Waals surface area contributed by atoms with Crippen molar-refractivity contribution in [1.29, 1.82) is 0 Å². The first-order valence-corrected chi connectivity index (χ1v) is 5.23. The van der Waals surface area contributed by atoms with Gasteiger partial charge in [0.1, 0.15) is 13.2 Å². The molecule has 0 aliphatic rings. The minimum Gasteiger partial charge on any atom is -0.465 e. The number of ether oxygens (including phenoxy) is 2. The van der Waals surface area contributed by atoms with E-state index in [1.54, 1.807) is 0 Å². The number of rotatable bonds is 9. The van der Waals surface area contributed by atoms with Gasteiger partial charge in [-0.3, -0.25) is 9.59 Å². The highest BCUT2D eigenvalue weighted by Crippen LogP contribution is 2.31. The fourth-order valence-corrected chi connectivity index (χ4v) is 1.09. The van der Waals surface area contributed by atoms with Crippen LogP contribution in [0.5, 0.6) is 0 Å². The SMILES string of the molecule is CC(=O)OCCOP(O)OCCOC=O. The van der Waals surface area contributed by atoms with E-state index in [1.165, 1.54) is 6.92 Å². The van der Waals surface area contributed by atoms with E-state index >= 15 is 0 Å². The highest BCUT2D eigenvalue weighted by molar-refractivity contribution is 7.40. The second kappa shape index (κ2) is 9.79. The maximum absolute atomic E-state index is 10.3. The molecule has 0 aromatic carbocycles. The Kier molecular flexibility index (Phi) is 9.30. The van der Waals surface area contributed by atoms with Crippen LogP contribution in [0, 0.1) is 0 Å². The lowest BCUT2D eigenvalue weighted by Crippen LogP contribution is -2.07. The van der Waals surface area contributed by atoms with Crippen LogP contribution in [0.2, 0.25) is 0 Å². The first-order valence-electron chi connectivity index (χ1n) is 4.10. The summed E-state index contributed by atoms with van der Waals surface area (Å²) in [4.78, 5) is 29.1. The monoisotopic (exact) mass is 240 g/mol. The largest absolute Gasteiger partial charge is 0.465 e. The molecule has 0 aliphatic carbocycles. The van der Waals surface area contributed by atoms with Crippen LogP contribution in [0.1, 0.15) is 6.92 Å². The fourth-order valence-electron chi connectivity index (χ4n) is 0.550. The Balaban J connectivity index is 3.21. The van der Waals surface area contributed by atoms with Gasteiger partial charge in [0.15, 0.2) is 0 Å². The van der Waals surface area contributed by atoms with E-state index < -0.39 is 14.6 Å². The van der Waals surface area contributed by atoms with Gasteiger partial charge in [-0.05, 0) is 0 Å². The molecule has 0 aliphatic heterocycles. The van der Waals surface area contributed by atoms with Gasteiger partial charge in [0.2, 0.25) is 0 Å². The van der Waals surface area contributed by atoms with Gasteiger partial charge in [0.25, 0.3) is 6.47 Å². The van der Waals surface area contributed by atoms with Crippen molar-refractivity contribution in [3.8, 4) is 0 Å². The van der Waals surface area contributed by atoms with Gasteiger partial charge < -0.3 is 23.4 Å². The summed E-state index contributed by atoms with van der Waals surface area (Å²) >= 11 is 0. The molecule has 0 rings (SSSR count). The Morgan fingerprint density at radius 1 is 1.27 bits per heavy atom. The van der Waals surface area contributed by atoms with Crippen molar-refractivity contribution in [2.24, 2.45) is 0 Å². The predicted molar refractivity (Wildman–Crippen MR) is 49.7 cm³/mol. The van der Waals surface area contributed by atoms with Crippen molar-refractivity contribution >= 4 is 21.0 Å². The number of hydrogen-bond acceptors (Lipinski definition) is 7. The van der Waals surface area contributed by atoms with E-state index in [0.29, 0.717) is 0 Å². The normalized spacial score (nSPS) is 11.9. The Morgan fingerprint density at radius 3 is 2.40 bits per heavy atom. The molecule has 0 heterocycles. The summed E-state index contributed by atoms with van der Waals surface area (Å²) in [5.41, 5.74) is 0. The maximum atomic E-state index is 10.3. The van der Waals surface area contributed by atoms with Crippen molar-refractivity contribution in [2.75, 3.05) is 26.4 Å². The third-order valence-corrected chi connectivity index (χ3v) is 1.87. The van der Waals surface area contributed by atoms with E-state index in [9.17, 15) is 9.59 Å². The molecule has 0 fully saturated rings. The number of carbonyl (C=O) groups excluding carboxylic acids is 2. The molecule has 1 atom stereocenters. The zero-order valence-electron chi connectivity index (χ0n) is 8.25. The third-order valence-electron chi connectivity index (χ3n) is 1.06. The van der Waals surface area contributed by atoms with Gasteiger partial charge in [-0.2, -0.15) is 0 Å². The molecular weight excluding hydrogens is 227 g/mol. The van der Waals surface area contributed by atoms with Crippen molar-refractivity contribution in [3.63, 3.8) is 0 Å². The van der Waals surface area contributed by atoms with Crippen LogP contribution in [0.25, 0.3) is 0 Å². The lowest BCUT2D eigenvalue weighted by atomic mass is 10.7. The Bertz CT molecular complexity index is 186. The summed E-state index contributed by atoms with van der Waals surface area (Å²) in [6.45, 7) is 1.77. The van der Waals surface area contributed by atoms with Gasteiger partial charge in [-0.1, -0.05) is 0 Å². The lowest BCUT2D eigenvalue weighted by Gasteiger charge is -2.09. The van der Waals surface area contributed by atoms with Gasteiger partial charge in [-0.15, -0.1) is 0 Å². The molecule has 0 aromatic heterocycles. The molecule has 0 spiro atoms. The van der Waals surface area contributed by atoms with Crippen LogP contribution in [-0.2, 0) is 28.1 Å². The summed E-state index contributed by atoms with van der Waals surface area (Å²) in [6.07, 6.45) is 0. The topological polar surface area (TPSA) is 91.3 Å². The molecule has 88 valence electrons. The molecule has 1 N–H and O–H groups in total. The molecule has 15 heavy (non-hydrogen) atoms. The highest BCUT2D eigenvalue weighted by Gasteiger charge is 2.06. The number of esters is 1. The summed E-state index contributed by atoms with van der Waals surface area (Å²) in [5, 5.41) is 0. The Labute approximate surface area is 88.3 Å². The molecule has 0 bridgehead atoms. The van der Waals surface area contributed by atoms with Crippen molar-refractivity contribution in [2.45, 2.75) is 6.92 Å². The quantitative estimate of drug-likeness (QED) is 0.262. The Morgan fingerprint density at radius 2 is 1.87 bits per heavy atom. The molecule has 0 saturated heterocycles. The van der Waals surface area contributed by atoms with Gasteiger partial charge in [0.05, 0.1) is 13.2 Å². The van der Waals surface area contributed by atoms with Crippen molar-refractivity contribution in [1.82, 2.24) is 0 Å². The van der Waals surface area contributed by atoms with E-state index in [2.05, 4.69) is 9.47 Å². The molecule has 8 heteroatoms. The second-order valence-corrected chi connectivity index (χ2v) is 3.20. The molecule has 7 nitrogen and oxygen atoms in total. The van der Waals surface area contributed by atoms with Crippen LogP contribution >= 0.6 is 8.60 Å². The molecule has 0 saturated carbocycles. The average molecular weight is 240 g/mol. The molecule has 0 amide bonds. The maximum Gasteiger partial charge on any atom is 0.330 e. The van der Waals surface area contributed by atoms with E-state index in [0.717, 1.165) is 0 Å². The summed E-state index contributed by atoms with van der Waals surface area (Å²) in [7, 11) is -2.02. The summed E-state index contributed by atoms with van der Waals surface area (Å²) in [5.74, 6) is -0.416. The van der Waals surface area contributed by atoms with E-state index in [1.807, 2.05) is 0 Å². The van der Waals surface area contributed by atoms with Gasteiger partial charge in [0, 0.05) is 6.92 Å². The van der Waals surface area contributed by atoms with E-state index in [4.69, 9.17) is 13.9 Å². The lowest BCUT2D eigenvalue weighted by molar-refractivity contribution is -0.141. The predicted octanol–water partition coefficient (Wildman–Crippen LogP) is -0.0251. The molecule has 0 radical (unpaired) electrons. The van der Waals surface area contributed by atoms with Crippen molar-refractivity contribution < 1.29 is 33.0 Å². The molecule has 0 aromatic rings. The zero-order valence-corrected chi connectivity index (χ0v) is 9.14. The fraction of sp³-hybridized carbons (Fsp3) is 0.714. The van der Waals surface area contributed by atoms with Crippen LogP contribution in [-0.4, -0.2) is 43.8 Å². The van der Waals surface area contributed by atoms with Crippen molar-refractivity contribution in [3.05, 3.63) is 0 Å². The van der Waals surface area contributed by atoms with Crippen LogP contribution in [0.4, 0.5) is 0 Å². The standard InChI is InChI=1S/C7H13O7P/c1-7(9)12-3-5-14-15(10)13-4-2-11-6-8/h6,10H,2-5H2,1H3. The first-order chi connectivity index (χ1) is 7.16. The van der Waals surface area contributed by atoms with Gasteiger partial charge in [-0.25, -0.2) is 0 Å². The minimum absolute atomic E-state index is 0.0501. The Hall–Kier alpha value is -0.750. The zero-order chi connectivity index (χ0) is 11.5. The first kappa shape index (κ1) is 14.2. The summed E-state index contributed by atoms with van der Waals surface area (Å²) in [6, 6.07) is 0. The summed E-state index contributed by atoms with van der Waals surface area (Å²) < 4.78 is 18.3. The van der Waals surface area contributed by atoms with Crippen LogP contribution < -0.4 is 0 Å². The smallest absolute Gasteiger partial charge is 0.330 e. The van der Waals surface area contributed by atoms with Gasteiger partial charge >= 0.3 is 14.6 Å². The second-order valence-electron chi connectivity index (χ2n) is 2.21. The third kappa shape index (κ3) is 11.2. The average Bonchev–Trinajstić information content (AvgIpc) is 2.19. The molecular formula is C7H13O7P. The van der Waals surface area contributed by atoms with Crippen LogP contribution in [0.15, 0.2) is 0 Å². The van der Waals surface area contributed by atoms with E-state index in [-0.39, 0.29) is 32.9 Å². The molecule has 1 unspecified atom stereocenters. The number of hydrogen-bond donors (Lipinski definition) is 1. The van der Waals surface area contributed by atoms with Crippen LogP contribution in [0.3, 0.4) is 0 Å². The number of carbonyl (C=O) groups is 2.